The second-order valence-corrected chi connectivity index (χ2v) is 7.59. The Hall–Kier alpha value is -2.32. The van der Waals surface area contributed by atoms with Crippen molar-refractivity contribution in [2.45, 2.75) is 37.3 Å². The van der Waals surface area contributed by atoms with Gasteiger partial charge in [-0.3, -0.25) is 9.69 Å². The maximum atomic E-state index is 13.4. The minimum Gasteiger partial charge on any atom is -0.394 e. The third-order valence-corrected chi connectivity index (χ3v) is 5.77. The summed E-state index contributed by atoms with van der Waals surface area (Å²) in [5, 5.41) is 23.1. The van der Waals surface area contributed by atoms with E-state index in [-0.39, 0.29) is 24.8 Å². The van der Waals surface area contributed by atoms with Crippen molar-refractivity contribution in [2.75, 3.05) is 19.7 Å². The summed E-state index contributed by atoms with van der Waals surface area (Å²) in [5.74, 6) is -0.881. The van der Waals surface area contributed by atoms with Crippen molar-refractivity contribution in [3.05, 3.63) is 71.0 Å². The number of rotatable bonds is 5. The number of carbonyl (C=O) groups excluding carboxylic acids is 1. The van der Waals surface area contributed by atoms with Gasteiger partial charge in [0.2, 0.25) is 0 Å². The van der Waals surface area contributed by atoms with Gasteiger partial charge in [-0.15, -0.1) is 0 Å². The number of benzene rings is 2. The summed E-state index contributed by atoms with van der Waals surface area (Å²) in [7, 11) is 0. The van der Waals surface area contributed by atoms with Crippen molar-refractivity contribution in [3.63, 3.8) is 0 Å². The SMILES string of the molecule is O=C(NC[C@H]1O[C@@H](CO)[C@@H](O)[C@@H]1N1CCc2ccccc2C1)c1cccc(F)c1. The van der Waals surface area contributed by atoms with Gasteiger partial charge in [-0.05, 0) is 35.7 Å². The Balaban J connectivity index is 1.47. The van der Waals surface area contributed by atoms with E-state index in [9.17, 15) is 19.4 Å². The molecule has 2 aromatic carbocycles. The first-order valence-corrected chi connectivity index (χ1v) is 9.86. The van der Waals surface area contributed by atoms with E-state index in [0.717, 1.165) is 13.0 Å². The summed E-state index contributed by atoms with van der Waals surface area (Å²) in [5.41, 5.74) is 2.73. The topological polar surface area (TPSA) is 82.0 Å². The fraction of sp³-hybridized carbons (Fsp3) is 0.409. The van der Waals surface area contributed by atoms with Crippen LogP contribution in [0.5, 0.6) is 0 Å². The Morgan fingerprint density at radius 1 is 1.17 bits per heavy atom. The van der Waals surface area contributed by atoms with Crippen LogP contribution in [0.1, 0.15) is 21.5 Å². The lowest BCUT2D eigenvalue weighted by atomic mass is 9.95. The first kappa shape index (κ1) is 20.0. The number of aliphatic hydroxyl groups is 2. The minimum atomic E-state index is -0.860. The molecule has 0 saturated carbocycles. The quantitative estimate of drug-likeness (QED) is 0.700. The van der Waals surface area contributed by atoms with Crippen molar-refractivity contribution in [1.29, 1.82) is 0 Å². The van der Waals surface area contributed by atoms with E-state index < -0.39 is 30.0 Å². The molecule has 154 valence electrons. The lowest BCUT2D eigenvalue weighted by molar-refractivity contribution is -0.0209. The summed E-state index contributed by atoms with van der Waals surface area (Å²) in [6.07, 6.45) is -1.18. The van der Waals surface area contributed by atoms with Gasteiger partial charge in [0.25, 0.3) is 5.91 Å². The van der Waals surface area contributed by atoms with Crippen LogP contribution < -0.4 is 5.32 Å². The van der Waals surface area contributed by atoms with Gasteiger partial charge in [0, 0.05) is 25.2 Å². The fourth-order valence-corrected chi connectivity index (χ4v) is 4.29. The van der Waals surface area contributed by atoms with Crippen LogP contribution in [0, 0.1) is 5.82 Å². The Kier molecular flexibility index (Phi) is 5.91. The monoisotopic (exact) mass is 400 g/mol. The Morgan fingerprint density at radius 3 is 2.72 bits per heavy atom. The zero-order chi connectivity index (χ0) is 20.4. The number of hydrogen-bond donors (Lipinski definition) is 3. The van der Waals surface area contributed by atoms with E-state index in [1.165, 1.54) is 29.3 Å². The van der Waals surface area contributed by atoms with Gasteiger partial charge in [0.15, 0.2) is 0 Å². The molecular weight excluding hydrogens is 375 g/mol. The number of aliphatic hydroxyl groups excluding tert-OH is 2. The van der Waals surface area contributed by atoms with Crippen molar-refractivity contribution in [1.82, 2.24) is 10.2 Å². The molecule has 1 amide bonds. The Labute approximate surface area is 168 Å². The van der Waals surface area contributed by atoms with Gasteiger partial charge in [-0.2, -0.15) is 0 Å². The molecular formula is C22H25FN2O4. The standard InChI is InChI=1S/C22H25FN2O4/c23-17-7-3-6-15(10-17)22(28)24-11-18-20(21(27)19(13-26)29-18)25-9-8-14-4-1-2-5-16(14)12-25/h1-7,10,18-21,26-27H,8-9,11-13H2,(H,24,28)/t18-,19+,20-,21-/m1/s1. The number of halogens is 1. The molecule has 4 rings (SSSR count). The van der Waals surface area contributed by atoms with Crippen LogP contribution in [0.4, 0.5) is 4.39 Å². The second kappa shape index (κ2) is 8.59. The molecule has 0 aliphatic carbocycles. The van der Waals surface area contributed by atoms with Crippen LogP contribution in [0.25, 0.3) is 0 Å². The highest BCUT2D eigenvalue weighted by molar-refractivity contribution is 5.94. The van der Waals surface area contributed by atoms with Crippen LogP contribution >= 0.6 is 0 Å². The summed E-state index contributed by atoms with van der Waals surface area (Å²) in [6.45, 7) is 1.30. The van der Waals surface area contributed by atoms with Gasteiger partial charge >= 0.3 is 0 Å². The van der Waals surface area contributed by atoms with E-state index in [2.05, 4.69) is 22.3 Å². The normalized spacial score (nSPS) is 26.9. The lowest BCUT2D eigenvalue weighted by Crippen LogP contribution is -2.52. The summed E-state index contributed by atoms with van der Waals surface area (Å²) in [4.78, 5) is 14.5. The highest BCUT2D eigenvalue weighted by Crippen LogP contribution is 2.30. The highest BCUT2D eigenvalue weighted by atomic mass is 19.1. The number of amides is 1. The van der Waals surface area contributed by atoms with Crippen LogP contribution in [-0.4, -0.2) is 65.1 Å². The predicted molar refractivity (Wildman–Crippen MR) is 105 cm³/mol. The van der Waals surface area contributed by atoms with Gasteiger partial charge in [-0.25, -0.2) is 4.39 Å². The molecule has 1 fully saturated rings. The highest BCUT2D eigenvalue weighted by Gasteiger charge is 2.46. The molecule has 7 heteroatoms. The van der Waals surface area contributed by atoms with Crippen molar-refractivity contribution in [3.8, 4) is 0 Å². The lowest BCUT2D eigenvalue weighted by Gasteiger charge is -2.37. The van der Waals surface area contributed by atoms with Crippen molar-refractivity contribution < 1.29 is 24.1 Å². The number of hydrogen-bond acceptors (Lipinski definition) is 5. The van der Waals surface area contributed by atoms with E-state index in [1.807, 2.05) is 12.1 Å². The number of nitrogens with zero attached hydrogens (tertiary/aromatic N) is 1. The molecule has 0 bridgehead atoms. The van der Waals surface area contributed by atoms with Crippen LogP contribution in [0.2, 0.25) is 0 Å². The zero-order valence-electron chi connectivity index (χ0n) is 16.0. The molecule has 4 atom stereocenters. The number of nitrogens with one attached hydrogen (secondary N) is 1. The Morgan fingerprint density at radius 2 is 1.97 bits per heavy atom. The molecule has 0 radical (unpaired) electrons. The van der Waals surface area contributed by atoms with Crippen LogP contribution in [0.15, 0.2) is 48.5 Å². The largest absolute Gasteiger partial charge is 0.394 e. The molecule has 0 spiro atoms. The number of carbonyl (C=O) groups is 1. The second-order valence-electron chi connectivity index (χ2n) is 7.59. The first-order valence-electron chi connectivity index (χ1n) is 9.86. The average molecular weight is 400 g/mol. The molecule has 29 heavy (non-hydrogen) atoms. The van der Waals surface area contributed by atoms with Crippen molar-refractivity contribution >= 4 is 5.91 Å². The molecule has 2 aliphatic heterocycles. The number of fused-ring (bicyclic) bond motifs is 1. The molecule has 3 N–H and O–H groups in total. The maximum Gasteiger partial charge on any atom is 0.251 e. The van der Waals surface area contributed by atoms with E-state index in [4.69, 9.17) is 4.74 Å². The van der Waals surface area contributed by atoms with E-state index >= 15 is 0 Å². The van der Waals surface area contributed by atoms with Gasteiger partial charge < -0.3 is 20.3 Å². The molecule has 0 unspecified atom stereocenters. The number of ether oxygens (including phenoxy) is 1. The molecule has 0 aromatic heterocycles. The Bertz CT molecular complexity index is 877. The first-order chi connectivity index (χ1) is 14.1. The van der Waals surface area contributed by atoms with Gasteiger partial charge in [-0.1, -0.05) is 30.3 Å². The minimum absolute atomic E-state index is 0.158. The molecule has 2 aliphatic rings. The zero-order valence-corrected chi connectivity index (χ0v) is 16.0. The van der Waals surface area contributed by atoms with Crippen LogP contribution in [-0.2, 0) is 17.7 Å². The molecule has 1 saturated heterocycles. The third kappa shape index (κ3) is 4.18. The summed E-state index contributed by atoms with van der Waals surface area (Å²) < 4.78 is 19.2. The van der Waals surface area contributed by atoms with E-state index in [1.54, 1.807) is 6.07 Å². The fourth-order valence-electron chi connectivity index (χ4n) is 4.29. The maximum absolute atomic E-state index is 13.4. The van der Waals surface area contributed by atoms with Gasteiger partial charge in [0.1, 0.15) is 18.0 Å². The predicted octanol–water partition coefficient (Wildman–Crippen LogP) is 1.10. The van der Waals surface area contributed by atoms with E-state index in [0.29, 0.717) is 6.54 Å². The summed E-state index contributed by atoms with van der Waals surface area (Å²) >= 11 is 0. The molecule has 2 aromatic rings. The molecule has 6 nitrogen and oxygen atoms in total. The van der Waals surface area contributed by atoms with Crippen molar-refractivity contribution in [2.24, 2.45) is 0 Å². The smallest absolute Gasteiger partial charge is 0.251 e. The van der Waals surface area contributed by atoms with Gasteiger partial charge in [0.05, 0.1) is 18.8 Å². The molecule has 2 heterocycles. The van der Waals surface area contributed by atoms with Crippen LogP contribution in [0.3, 0.4) is 0 Å². The summed E-state index contributed by atoms with van der Waals surface area (Å²) in [6, 6.07) is 13.3. The third-order valence-electron chi connectivity index (χ3n) is 5.77. The average Bonchev–Trinajstić information content (AvgIpc) is 3.07.